The Kier molecular flexibility index (Phi) is 4.91. The lowest BCUT2D eigenvalue weighted by Crippen LogP contribution is -2.18. The number of methoxy groups -OCH3 is 1. The molecule has 102 valence electrons. The average molecular weight is 345 g/mol. The van der Waals surface area contributed by atoms with E-state index < -0.39 is 0 Å². The summed E-state index contributed by atoms with van der Waals surface area (Å²) in [5.41, 5.74) is 0.948. The molecule has 0 aliphatic carbocycles. The number of benzene rings is 1. The molecule has 2 rings (SSSR count). The number of nitrogens with one attached hydrogen (secondary N) is 1. The van der Waals surface area contributed by atoms with Crippen LogP contribution in [-0.4, -0.2) is 7.11 Å². The standard InChI is InChI=1S/C14H15BrClNO2/c1-9(12-6-7-14(15)19-12)17-8-10-11(16)4-3-5-13(10)18-2/h3-7,9,17H,8H2,1-2H3. The van der Waals surface area contributed by atoms with Crippen LogP contribution in [-0.2, 0) is 6.54 Å². The molecule has 0 saturated carbocycles. The van der Waals surface area contributed by atoms with E-state index in [1.54, 1.807) is 7.11 Å². The molecule has 1 aromatic carbocycles. The lowest BCUT2D eigenvalue weighted by Gasteiger charge is -2.14. The van der Waals surface area contributed by atoms with Gasteiger partial charge in [-0.3, -0.25) is 0 Å². The van der Waals surface area contributed by atoms with Crippen molar-refractivity contribution >= 4 is 27.5 Å². The molecule has 19 heavy (non-hydrogen) atoms. The molecule has 1 atom stereocenters. The first-order valence-electron chi connectivity index (χ1n) is 5.92. The van der Waals surface area contributed by atoms with E-state index in [2.05, 4.69) is 21.2 Å². The molecule has 0 saturated heterocycles. The van der Waals surface area contributed by atoms with Crippen LogP contribution in [0.3, 0.4) is 0 Å². The Morgan fingerprint density at radius 3 is 2.79 bits per heavy atom. The topological polar surface area (TPSA) is 34.4 Å². The molecule has 1 aromatic heterocycles. The maximum atomic E-state index is 6.19. The van der Waals surface area contributed by atoms with Gasteiger partial charge in [0.2, 0.25) is 0 Å². The van der Waals surface area contributed by atoms with Crippen molar-refractivity contribution in [2.45, 2.75) is 19.5 Å². The molecule has 0 aliphatic heterocycles. The highest BCUT2D eigenvalue weighted by Crippen LogP contribution is 2.27. The summed E-state index contributed by atoms with van der Waals surface area (Å²) >= 11 is 9.49. The summed E-state index contributed by atoms with van der Waals surface area (Å²) in [4.78, 5) is 0. The fourth-order valence-corrected chi connectivity index (χ4v) is 2.37. The minimum Gasteiger partial charge on any atom is -0.496 e. The van der Waals surface area contributed by atoms with Crippen molar-refractivity contribution in [2.75, 3.05) is 7.11 Å². The van der Waals surface area contributed by atoms with Gasteiger partial charge in [-0.25, -0.2) is 0 Å². The largest absolute Gasteiger partial charge is 0.496 e. The van der Waals surface area contributed by atoms with Gasteiger partial charge in [0.05, 0.1) is 13.2 Å². The van der Waals surface area contributed by atoms with Gasteiger partial charge in [-0.1, -0.05) is 17.7 Å². The Morgan fingerprint density at radius 2 is 2.16 bits per heavy atom. The molecular weight excluding hydrogens is 330 g/mol. The summed E-state index contributed by atoms with van der Waals surface area (Å²) in [6, 6.07) is 9.53. The molecular formula is C14H15BrClNO2. The van der Waals surface area contributed by atoms with Crippen molar-refractivity contribution in [3.8, 4) is 5.75 Å². The first-order valence-corrected chi connectivity index (χ1v) is 7.09. The van der Waals surface area contributed by atoms with Crippen LogP contribution in [0, 0.1) is 0 Å². The van der Waals surface area contributed by atoms with E-state index in [0.29, 0.717) is 11.6 Å². The van der Waals surface area contributed by atoms with Crippen LogP contribution in [0.2, 0.25) is 5.02 Å². The number of hydrogen-bond acceptors (Lipinski definition) is 3. The van der Waals surface area contributed by atoms with E-state index in [-0.39, 0.29) is 6.04 Å². The van der Waals surface area contributed by atoms with Crippen molar-refractivity contribution in [1.82, 2.24) is 5.32 Å². The maximum absolute atomic E-state index is 6.19. The highest BCUT2D eigenvalue weighted by atomic mass is 79.9. The zero-order chi connectivity index (χ0) is 13.8. The fourth-order valence-electron chi connectivity index (χ4n) is 1.82. The van der Waals surface area contributed by atoms with Gasteiger partial charge in [-0.2, -0.15) is 0 Å². The van der Waals surface area contributed by atoms with E-state index in [1.807, 2.05) is 37.3 Å². The van der Waals surface area contributed by atoms with Crippen LogP contribution in [0.4, 0.5) is 0 Å². The maximum Gasteiger partial charge on any atom is 0.169 e. The van der Waals surface area contributed by atoms with Crippen molar-refractivity contribution in [2.24, 2.45) is 0 Å². The number of rotatable bonds is 5. The number of halogens is 2. The third-order valence-electron chi connectivity index (χ3n) is 2.90. The molecule has 0 bridgehead atoms. The second kappa shape index (κ2) is 6.46. The van der Waals surface area contributed by atoms with Gasteiger partial charge in [-0.05, 0) is 47.1 Å². The predicted molar refractivity (Wildman–Crippen MR) is 79.7 cm³/mol. The summed E-state index contributed by atoms with van der Waals surface area (Å²) < 4.78 is 11.6. The van der Waals surface area contributed by atoms with Crippen LogP contribution >= 0.6 is 27.5 Å². The van der Waals surface area contributed by atoms with E-state index >= 15 is 0 Å². The monoisotopic (exact) mass is 343 g/mol. The van der Waals surface area contributed by atoms with Gasteiger partial charge in [0.25, 0.3) is 0 Å². The molecule has 1 N–H and O–H groups in total. The second-order valence-corrected chi connectivity index (χ2v) is 5.35. The van der Waals surface area contributed by atoms with Gasteiger partial charge in [-0.15, -0.1) is 0 Å². The first-order chi connectivity index (χ1) is 9.11. The van der Waals surface area contributed by atoms with Gasteiger partial charge in [0, 0.05) is 17.1 Å². The van der Waals surface area contributed by atoms with E-state index in [4.69, 9.17) is 20.8 Å². The molecule has 0 amide bonds. The fraction of sp³-hybridized carbons (Fsp3) is 0.286. The number of ether oxygens (including phenoxy) is 1. The van der Waals surface area contributed by atoms with Crippen molar-refractivity contribution in [1.29, 1.82) is 0 Å². The SMILES string of the molecule is COc1cccc(Cl)c1CNC(C)c1ccc(Br)o1. The van der Waals surface area contributed by atoms with Gasteiger partial charge in [0.15, 0.2) is 4.67 Å². The minimum atomic E-state index is 0.0901. The number of furan rings is 1. The third kappa shape index (κ3) is 3.53. The zero-order valence-corrected chi connectivity index (χ0v) is 13.1. The predicted octanol–water partition coefficient (Wildman–Crippen LogP) is 4.55. The van der Waals surface area contributed by atoms with Crippen LogP contribution in [0.5, 0.6) is 5.75 Å². The molecule has 5 heteroatoms. The van der Waals surface area contributed by atoms with Crippen LogP contribution in [0.25, 0.3) is 0 Å². The summed E-state index contributed by atoms with van der Waals surface area (Å²) in [6.07, 6.45) is 0. The normalized spacial score (nSPS) is 12.4. The van der Waals surface area contributed by atoms with E-state index in [0.717, 1.165) is 21.7 Å². The molecule has 2 aromatic rings. The summed E-state index contributed by atoms with van der Waals surface area (Å²) in [5.74, 6) is 1.66. The molecule has 1 unspecified atom stereocenters. The van der Waals surface area contributed by atoms with Crippen LogP contribution in [0.1, 0.15) is 24.3 Å². The Bertz CT molecular complexity index is 556. The molecule has 1 heterocycles. The molecule has 0 radical (unpaired) electrons. The summed E-state index contributed by atoms with van der Waals surface area (Å²) in [6.45, 7) is 2.65. The Morgan fingerprint density at radius 1 is 1.37 bits per heavy atom. The second-order valence-electron chi connectivity index (χ2n) is 4.17. The Hall–Kier alpha value is -0.970. The van der Waals surface area contributed by atoms with E-state index in [9.17, 15) is 0 Å². The van der Waals surface area contributed by atoms with Crippen LogP contribution < -0.4 is 10.1 Å². The Balaban J connectivity index is 2.06. The zero-order valence-electron chi connectivity index (χ0n) is 10.7. The van der Waals surface area contributed by atoms with Crippen molar-refractivity contribution < 1.29 is 9.15 Å². The van der Waals surface area contributed by atoms with Gasteiger partial charge >= 0.3 is 0 Å². The molecule has 3 nitrogen and oxygen atoms in total. The lowest BCUT2D eigenvalue weighted by atomic mass is 10.1. The minimum absolute atomic E-state index is 0.0901. The van der Waals surface area contributed by atoms with E-state index in [1.165, 1.54) is 0 Å². The quantitative estimate of drug-likeness (QED) is 0.863. The number of hydrogen-bond donors (Lipinski definition) is 1. The molecule has 0 aliphatic rings. The van der Waals surface area contributed by atoms with Gasteiger partial charge in [0.1, 0.15) is 11.5 Å². The summed E-state index contributed by atoms with van der Waals surface area (Å²) in [5, 5.41) is 4.06. The molecule has 0 spiro atoms. The van der Waals surface area contributed by atoms with Crippen LogP contribution in [0.15, 0.2) is 39.4 Å². The summed E-state index contributed by atoms with van der Waals surface area (Å²) in [7, 11) is 1.64. The highest BCUT2D eigenvalue weighted by molar-refractivity contribution is 9.10. The lowest BCUT2D eigenvalue weighted by molar-refractivity contribution is 0.396. The molecule has 0 fully saturated rings. The third-order valence-corrected chi connectivity index (χ3v) is 3.68. The highest BCUT2D eigenvalue weighted by Gasteiger charge is 2.12. The Labute approximate surface area is 126 Å². The first kappa shape index (κ1) is 14.4. The van der Waals surface area contributed by atoms with Crippen molar-refractivity contribution in [3.63, 3.8) is 0 Å². The smallest absolute Gasteiger partial charge is 0.169 e. The average Bonchev–Trinajstić information content (AvgIpc) is 2.83. The van der Waals surface area contributed by atoms with Crippen molar-refractivity contribution in [3.05, 3.63) is 51.3 Å². The van der Waals surface area contributed by atoms with Gasteiger partial charge < -0.3 is 14.5 Å².